The van der Waals surface area contributed by atoms with Gasteiger partial charge in [-0.1, -0.05) is 66.7 Å². The van der Waals surface area contributed by atoms with Crippen LogP contribution in [0.25, 0.3) is 11.1 Å². The van der Waals surface area contributed by atoms with Crippen LogP contribution in [0.4, 0.5) is 0 Å². The summed E-state index contributed by atoms with van der Waals surface area (Å²) in [7, 11) is 3.46. The Kier molecular flexibility index (Phi) is 7.82. The van der Waals surface area contributed by atoms with Crippen molar-refractivity contribution in [2.24, 2.45) is 0 Å². The highest BCUT2D eigenvalue weighted by molar-refractivity contribution is 5.75. The van der Waals surface area contributed by atoms with Crippen LogP contribution in [0, 0.1) is 0 Å². The molecule has 0 saturated carbocycles. The first-order chi connectivity index (χ1) is 20.1. The van der Waals surface area contributed by atoms with Crippen molar-refractivity contribution in [3.05, 3.63) is 136 Å². The van der Waals surface area contributed by atoms with E-state index in [2.05, 4.69) is 72.8 Å². The van der Waals surface area contributed by atoms with Gasteiger partial charge in [-0.2, -0.15) is 0 Å². The molecule has 5 nitrogen and oxygen atoms in total. The zero-order valence-corrected chi connectivity index (χ0v) is 23.7. The van der Waals surface area contributed by atoms with Crippen LogP contribution in [0.15, 0.2) is 114 Å². The summed E-state index contributed by atoms with van der Waals surface area (Å²) in [5.74, 6) is 2.82. The molecule has 3 aliphatic rings. The zero-order valence-electron chi connectivity index (χ0n) is 23.7. The van der Waals surface area contributed by atoms with Gasteiger partial charge in [-0.3, -0.25) is 0 Å². The van der Waals surface area contributed by atoms with E-state index < -0.39 is 5.60 Å². The molecule has 2 aliphatic carbocycles. The molecule has 6 rings (SSSR count). The van der Waals surface area contributed by atoms with Crippen molar-refractivity contribution in [1.82, 2.24) is 0 Å². The topological polar surface area (TPSA) is 57.2 Å². The van der Waals surface area contributed by atoms with Crippen LogP contribution < -0.4 is 4.74 Å². The molecule has 0 spiro atoms. The number of ether oxygens (including phenoxy) is 4. The standard InChI is InChI=1S/C36H36O5/c1-38-31-14-10-29(11-15-31)36(28-6-4-3-5-7-28,30-12-16-32(39-2)17-13-30)41-23-26-9-19-34-33-18-8-25(22-37)20-27(33)24-40-35(34)21-26/h3-10,12,14,16,18-21,37H,11,13,15,17,22-24H2,1-2H3. The van der Waals surface area contributed by atoms with Gasteiger partial charge in [0.25, 0.3) is 0 Å². The van der Waals surface area contributed by atoms with E-state index in [1.165, 1.54) is 11.1 Å². The van der Waals surface area contributed by atoms with Crippen LogP contribution >= 0.6 is 0 Å². The maximum Gasteiger partial charge on any atom is 0.136 e. The normalized spacial score (nSPS) is 16.3. The summed E-state index contributed by atoms with van der Waals surface area (Å²) < 4.78 is 24.5. The molecule has 0 aromatic heterocycles. The maximum absolute atomic E-state index is 9.54. The van der Waals surface area contributed by atoms with Gasteiger partial charge in [0.1, 0.15) is 18.0 Å². The van der Waals surface area contributed by atoms with Gasteiger partial charge in [0.15, 0.2) is 0 Å². The highest BCUT2D eigenvalue weighted by atomic mass is 16.5. The Morgan fingerprint density at radius 2 is 1.39 bits per heavy atom. The lowest BCUT2D eigenvalue weighted by atomic mass is 9.73. The number of rotatable bonds is 9. The molecular weight excluding hydrogens is 512 g/mol. The van der Waals surface area contributed by atoms with Crippen molar-refractivity contribution in [2.45, 2.75) is 51.1 Å². The zero-order chi connectivity index (χ0) is 28.2. The second-order valence-corrected chi connectivity index (χ2v) is 10.7. The maximum atomic E-state index is 9.54. The number of aliphatic hydroxyl groups excluding tert-OH is 1. The first-order valence-corrected chi connectivity index (χ1v) is 14.2. The Morgan fingerprint density at radius 1 is 0.732 bits per heavy atom. The molecule has 0 amide bonds. The smallest absolute Gasteiger partial charge is 0.136 e. The van der Waals surface area contributed by atoms with Crippen molar-refractivity contribution in [1.29, 1.82) is 0 Å². The first kappa shape index (κ1) is 27.1. The Bertz CT molecular complexity index is 1500. The third kappa shape index (κ3) is 5.23. The average Bonchev–Trinajstić information content (AvgIpc) is 3.05. The van der Waals surface area contributed by atoms with Gasteiger partial charge in [0.05, 0.1) is 39.0 Å². The Labute approximate surface area is 242 Å². The molecule has 5 heteroatoms. The van der Waals surface area contributed by atoms with Crippen LogP contribution in [-0.4, -0.2) is 19.3 Å². The Balaban J connectivity index is 1.39. The van der Waals surface area contributed by atoms with E-state index in [1.54, 1.807) is 14.2 Å². The van der Waals surface area contributed by atoms with Gasteiger partial charge < -0.3 is 24.1 Å². The van der Waals surface area contributed by atoms with Crippen molar-refractivity contribution in [2.75, 3.05) is 14.2 Å². The van der Waals surface area contributed by atoms with Gasteiger partial charge in [-0.25, -0.2) is 0 Å². The average molecular weight is 549 g/mol. The van der Waals surface area contributed by atoms with Crippen molar-refractivity contribution < 1.29 is 24.1 Å². The lowest BCUT2D eigenvalue weighted by Crippen LogP contribution is -2.36. The quantitative estimate of drug-likeness (QED) is 0.298. The monoisotopic (exact) mass is 548 g/mol. The minimum atomic E-state index is -0.725. The summed E-state index contributed by atoms with van der Waals surface area (Å²) >= 11 is 0. The van der Waals surface area contributed by atoms with Crippen LogP contribution in [0.5, 0.6) is 5.75 Å². The Hall–Kier alpha value is -4.06. The summed E-state index contributed by atoms with van der Waals surface area (Å²) in [5.41, 5.74) is 8.07. The molecular formula is C36H36O5. The second kappa shape index (κ2) is 11.8. The number of fused-ring (bicyclic) bond motifs is 3. The molecule has 1 N–H and O–H groups in total. The number of allylic oxidation sites excluding steroid dienone is 6. The molecule has 3 aromatic carbocycles. The fourth-order valence-corrected chi connectivity index (χ4v) is 6.15. The largest absolute Gasteiger partial charge is 0.501 e. The molecule has 3 aromatic rings. The number of benzene rings is 3. The van der Waals surface area contributed by atoms with Crippen LogP contribution in [0.2, 0.25) is 0 Å². The predicted octanol–water partition coefficient (Wildman–Crippen LogP) is 7.65. The molecule has 0 fully saturated rings. The summed E-state index contributed by atoms with van der Waals surface area (Å²) in [6, 6.07) is 23.0. The van der Waals surface area contributed by atoms with Crippen LogP contribution in [0.1, 0.15) is 47.9 Å². The van der Waals surface area contributed by atoms with E-state index in [0.717, 1.165) is 76.3 Å². The summed E-state index contributed by atoms with van der Waals surface area (Å²) in [6.45, 7) is 0.923. The number of hydrogen-bond acceptors (Lipinski definition) is 5. The van der Waals surface area contributed by atoms with Gasteiger partial charge in [-0.05, 0) is 76.1 Å². The minimum absolute atomic E-state index is 0.0254. The number of methoxy groups -OCH3 is 2. The predicted molar refractivity (Wildman–Crippen MR) is 160 cm³/mol. The molecule has 210 valence electrons. The molecule has 0 unspecified atom stereocenters. The highest BCUT2D eigenvalue weighted by Crippen LogP contribution is 2.48. The van der Waals surface area contributed by atoms with Gasteiger partial charge in [0.2, 0.25) is 0 Å². The van der Waals surface area contributed by atoms with Crippen molar-refractivity contribution >= 4 is 0 Å². The molecule has 41 heavy (non-hydrogen) atoms. The molecule has 0 atom stereocenters. The van der Waals surface area contributed by atoms with Crippen LogP contribution in [0.3, 0.4) is 0 Å². The van der Waals surface area contributed by atoms with Gasteiger partial charge >= 0.3 is 0 Å². The number of hydrogen-bond donors (Lipinski definition) is 1. The second-order valence-electron chi connectivity index (χ2n) is 10.7. The summed E-state index contributed by atoms with van der Waals surface area (Å²) in [5, 5.41) is 9.54. The van der Waals surface area contributed by atoms with Crippen molar-refractivity contribution in [3.8, 4) is 16.9 Å². The third-order valence-electron chi connectivity index (χ3n) is 8.36. The molecule has 1 aliphatic heterocycles. The van der Waals surface area contributed by atoms with E-state index in [9.17, 15) is 5.11 Å². The number of aliphatic hydroxyl groups is 1. The minimum Gasteiger partial charge on any atom is -0.501 e. The molecule has 0 bridgehead atoms. The first-order valence-electron chi connectivity index (χ1n) is 14.2. The SMILES string of the molecule is COC1=CC=C(C(OCc2ccc3c(c2)OCc2cc(CO)ccc2-3)(C2=CC=C(OC)CC2)c2ccccc2)CC1. The molecule has 0 saturated heterocycles. The van der Waals surface area contributed by atoms with E-state index in [0.29, 0.717) is 13.2 Å². The van der Waals surface area contributed by atoms with E-state index in [4.69, 9.17) is 18.9 Å². The van der Waals surface area contributed by atoms with Gasteiger partial charge in [-0.15, -0.1) is 0 Å². The van der Waals surface area contributed by atoms with E-state index in [-0.39, 0.29) is 6.61 Å². The van der Waals surface area contributed by atoms with E-state index in [1.807, 2.05) is 18.2 Å². The molecule has 0 radical (unpaired) electrons. The highest BCUT2D eigenvalue weighted by Gasteiger charge is 2.42. The molecule has 1 heterocycles. The van der Waals surface area contributed by atoms with Gasteiger partial charge in [0, 0.05) is 18.4 Å². The summed E-state index contributed by atoms with van der Waals surface area (Å²) in [6.07, 6.45) is 11.9. The third-order valence-corrected chi connectivity index (χ3v) is 8.36. The lowest BCUT2D eigenvalue weighted by Gasteiger charge is -2.41. The van der Waals surface area contributed by atoms with E-state index >= 15 is 0 Å². The Morgan fingerprint density at radius 3 is 2.00 bits per heavy atom. The fraction of sp³-hybridized carbons (Fsp3) is 0.278. The lowest BCUT2D eigenvalue weighted by molar-refractivity contribution is -0.0115. The van der Waals surface area contributed by atoms with Crippen molar-refractivity contribution in [3.63, 3.8) is 0 Å². The fourth-order valence-electron chi connectivity index (χ4n) is 6.15. The van der Waals surface area contributed by atoms with Crippen LogP contribution in [-0.2, 0) is 39.6 Å². The summed E-state index contributed by atoms with van der Waals surface area (Å²) in [4.78, 5) is 0.